The lowest BCUT2D eigenvalue weighted by Gasteiger charge is -2.35. The number of ether oxygens (including phenoxy) is 1. The molecule has 7 nitrogen and oxygen atoms in total. The van der Waals surface area contributed by atoms with Crippen molar-refractivity contribution in [3.63, 3.8) is 0 Å². The van der Waals surface area contributed by atoms with Gasteiger partial charge in [0.05, 0.1) is 11.4 Å². The number of alkyl halides is 1. The van der Waals surface area contributed by atoms with Gasteiger partial charge < -0.3 is 19.4 Å². The number of amides is 1. The van der Waals surface area contributed by atoms with Crippen molar-refractivity contribution in [1.82, 2.24) is 14.9 Å². The van der Waals surface area contributed by atoms with Gasteiger partial charge in [-0.3, -0.25) is 4.79 Å². The minimum Gasteiger partial charge on any atom is -0.463 e. The highest BCUT2D eigenvalue weighted by atomic mass is 19.1. The molecule has 3 heterocycles. The maximum atomic E-state index is 13.5. The van der Waals surface area contributed by atoms with Gasteiger partial charge in [-0.05, 0) is 69.4 Å². The molecule has 2 aromatic heterocycles. The second kappa shape index (κ2) is 7.21. The fourth-order valence-corrected chi connectivity index (χ4v) is 4.18. The van der Waals surface area contributed by atoms with E-state index in [4.69, 9.17) is 9.15 Å². The molecule has 0 saturated heterocycles. The van der Waals surface area contributed by atoms with Gasteiger partial charge in [-0.1, -0.05) is 6.07 Å². The number of aromatic nitrogens is 2. The lowest BCUT2D eigenvalue weighted by atomic mass is 9.93. The quantitative estimate of drug-likeness (QED) is 0.647. The number of aryl methyl sites for hydroxylation is 1. The minimum absolute atomic E-state index is 0.00302. The first kappa shape index (κ1) is 19.8. The summed E-state index contributed by atoms with van der Waals surface area (Å²) in [6.45, 7) is 5.61. The van der Waals surface area contributed by atoms with Crippen molar-refractivity contribution in [2.24, 2.45) is 0 Å². The third kappa shape index (κ3) is 3.60. The molecule has 1 aliphatic heterocycles. The standard InChI is InChI=1S/C23H25FN4O3/c1-13-10-18-19(27-23(3)7-8-23)25-20(26-21(18)31-13)22(29)28-9-6-15-4-5-16(30-12-24)11-17(15)14(28)2/h4-5,10-11,14H,6-9,12H2,1-3H3,(H,25,26,27). The first-order valence-corrected chi connectivity index (χ1v) is 10.6. The van der Waals surface area contributed by atoms with E-state index in [0.717, 1.165) is 35.1 Å². The maximum absolute atomic E-state index is 13.5. The molecule has 162 valence electrons. The van der Waals surface area contributed by atoms with Crippen LogP contribution >= 0.6 is 0 Å². The van der Waals surface area contributed by atoms with Crippen molar-refractivity contribution >= 4 is 22.8 Å². The van der Waals surface area contributed by atoms with Gasteiger partial charge in [0.25, 0.3) is 5.91 Å². The highest BCUT2D eigenvalue weighted by molar-refractivity contribution is 5.95. The van der Waals surface area contributed by atoms with Gasteiger partial charge in [-0.25, -0.2) is 9.37 Å². The second-order valence-electron chi connectivity index (χ2n) is 8.70. The highest BCUT2D eigenvalue weighted by Crippen LogP contribution is 2.40. The number of nitrogens with zero attached hydrogens (tertiary/aromatic N) is 3. The molecule has 1 fully saturated rings. The zero-order valence-electron chi connectivity index (χ0n) is 17.9. The van der Waals surface area contributed by atoms with Crippen molar-refractivity contribution in [3.05, 3.63) is 47.0 Å². The molecule has 1 N–H and O–H groups in total. The van der Waals surface area contributed by atoms with E-state index in [9.17, 15) is 9.18 Å². The third-order valence-corrected chi connectivity index (χ3v) is 6.27. The Morgan fingerprint density at radius 3 is 2.90 bits per heavy atom. The third-order valence-electron chi connectivity index (χ3n) is 6.27. The summed E-state index contributed by atoms with van der Waals surface area (Å²) in [7, 11) is 0. The Kier molecular flexibility index (Phi) is 4.60. The number of carbonyl (C=O) groups is 1. The molecule has 1 aliphatic carbocycles. The summed E-state index contributed by atoms with van der Waals surface area (Å²) >= 11 is 0. The number of benzene rings is 1. The van der Waals surface area contributed by atoms with Crippen molar-refractivity contribution in [3.8, 4) is 5.75 Å². The number of fused-ring (bicyclic) bond motifs is 2. The molecule has 8 heteroatoms. The van der Waals surface area contributed by atoms with E-state index in [1.807, 2.05) is 26.0 Å². The SMILES string of the molecule is Cc1cc2c(NC3(C)CC3)nc(C(=O)N3CCc4ccc(OCF)cc4C3C)nc2o1. The molecule has 1 atom stereocenters. The second-order valence-corrected chi connectivity index (χ2v) is 8.70. The number of hydrogen-bond donors (Lipinski definition) is 1. The summed E-state index contributed by atoms with van der Waals surface area (Å²) in [5.41, 5.74) is 2.48. The van der Waals surface area contributed by atoms with Crippen LogP contribution in [0.15, 0.2) is 28.7 Å². The molecular formula is C23H25FN4O3. The van der Waals surface area contributed by atoms with Crippen molar-refractivity contribution in [1.29, 1.82) is 0 Å². The molecular weight excluding hydrogens is 399 g/mol. The zero-order valence-corrected chi connectivity index (χ0v) is 17.9. The Bertz CT molecular complexity index is 1170. The molecule has 2 aliphatic rings. The first-order chi connectivity index (χ1) is 14.9. The molecule has 0 bridgehead atoms. The fourth-order valence-electron chi connectivity index (χ4n) is 4.18. The summed E-state index contributed by atoms with van der Waals surface area (Å²) in [5, 5.41) is 4.25. The Labute approximate surface area is 179 Å². The smallest absolute Gasteiger partial charge is 0.292 e. The predicted molar refractivity (Wildman–Crippen MR) is 114 cm³/mol. The van der Waals surface area contributed by atoms with Gasteiger partial charge in [-0.15, -0.1) is 0 Å². The summed E-state index contributed by atoms with van der Waals surface area (Å²) in [5.74, 6) is 1.66. The normalized spacial score (nSPS) is 19.2. The average Bonchev–Trinajstić information content (AvgIpc) is 3.34. The van der Waals surface area contributed by atoms with E-state index < -0.39 is 6.86 Å². The number of nitrogens with one attached hydrogen (secondary N) is 1. The van der Waals surface area contributed by atoms with Crippen LogP contribution in [0.25, 0.3) is 11.1 Å². The Balaban J connectivity index is 1.49. The van der Waals surface area contributed by atoms with E-state index in [0.29, 0.717) is 30.2 Å². The minimum atomic E-state index is -0.888. The molecule has 3 aromatic rings. The summed E-state index contributed by atoms with van der Waals surface area (Å²) in [6.07, 6.45) is 2.82. The number of anilines is 1. The summed E-state index contributed by atoms with van der Waals surface area (Å²) in [4.78, 5) is 24.2. The predicted octanol–water partition coefficient (Wildman–Crippen LogP) is 4.56. The lowest BCUT2D eigenvalue weighted by Crippen LogP contribution is -2.39. The molecule has 0 spiro atoms. The molecule has 1 aromatic carbocycles. The first-order valence-electron chi connectivity index (χ1n) is 10.6. The summed E-state index contributed by atoms with van der Waals surface area (Å²) < 4.78 is 23.3. The average molecular weight is 424 g/mol. The van der Waals surface area contributed by atoms with Crippen molar-refractivity contribution in [2.75, 3.05) is 18.7 Å². The molecule has 0 radical (unpaired) electrons. The number of halogens is 1. The van der Waals surface area contributed by atoms with Crippen LogP contribution in [0.5, 0.6) is 5.75 Å². The Morgan fingerprint density at radius 2 is 2.16 bits per heavy atom. The molecule has 1 unspecified atom stereocenters. The topological polar surface area (TPSA) is 80.5 Å². The van der Waals surface area contributed by atoms with Gasteiger partial charge in [0.2, 0.25) is 18.4 Å². The van der Waals surface area contributed by atoms with Crippen LogP contribution in [-0.4, -0.2) is 39.7 Å². The van der Waals surface area contributed by atoms with Crippen LogP contribution in [0.2, 0.25) is 0 Å². The van der Waals surface area contributed by atoms with E-state index in [2.05, 4.69) is 22.2 Å². The van der Waals surface area contributed by atoms with Crippen molar-refractivity contribution in [2.45, 2.75) is 51.6 Å². The number of furan rings is 1. The van der Waals surface area contributed by atoms with Crippen LogP contribution < -0.4 is 10.1 Å². The van der Waals surface area contributed by atoms with Gasteiger partial charge >= 0.3 is 0 Å². The van der Waals surface area contributed by atoms with E-state index >= 15 is 0 Å². The largest absolute Gasteiger partial charge is 0.463 e. The van der Waals surface area contributed by atoms with Crippen LogP contribution in [0.1, 0.15) is 60.2 Å². The van der Waals surface area contributed by atoms with Gasteiger partial charge in [0.1, 0.15) is 17.3 Å². The molecule has 5 rings (SSSR count). The Hall–Kier alpha value is -3.16. The number of rotatable bonds is 5. The molecule has 1 saturated carbocycles. The van der Waals surface area contributed by atoms with E-state index in [1.165, 1.54) is 0 Å². The fraction of sp³-hybridized carbons (Fsp3) is 0.435. The van der Waals surface area contributed by atoms with E-state index in [1.54, 1.807) is 17.0 Å². The van der Waals surface area contributed by atoms with Gasteiger partial charge in [0, 0.05) is 12.1 Å². The maximum Gasteiger partial charge on any atom is 0.292 e. The Morgan fingerprint density at radius 1 is 1.35 bits per heavy atom. The number of hydrogen-bond acceptors (Lipinski definition) is 6. The number of carbonyl (C=O) groups excluding carboxylic acids is 1. The highest BCUT2D eigenvalue weighted by Gasteiger charge is 2.38. The van der Waals surface area contributed by atoms with E-state index in [-0.39, 0.29) is 23.3 Å². The van der Waals surface area contributed by atoms with Crippen LogP contribution in [-0.2, 0) is 6.42 Å². The van der Waals surface area contributed by atoms with Gasteiger partial charge in [0.15, 0.2) is 0 Å². The van der Waals surface area contributed by atoms with Crippen LogP contribution in [0.4, 0.5) is 10.2 Å². The van der Waals surface area contributed by atoms with Crippen molar-refractivity contribution < 1.29 is 18.3 Å². The summed E-state index contributed by atoms with van der Waals surface area (Å²) in [6, 6.07) is 7.18. The zero-order chi connectivity index (χ0) is 21.8. The monoisotopic (exact) mass is 424 g/mol. The van der Waals surface area contributed by atoms with Crippen LogP contribution in [0, 0.1) is 6.92 Å². The van der Waals surface area contributed by atoms with Gasteiger partial charge in [-0.2, -0.15) is 4.98 Å². The molecule has 31 heavy (non-hydrogen) atoms. The molecule has 1 amide bonds. The lowest BCUT2D eigenvalue weighted by molar-refractivity contribution is 0.0664. The van der Waals surface area contributed by atoms with Crippen LogP contribution in [0.3, 0.4) is 0 Å².